The Labute approximate surface area is 139 Å². The number of thioether (sulfide) groups is 1. The van der Waals surface area contributed by atoms with Crippen LogP contribution in [0.2, 0.25) is 0 Å². The molecule has 0 aromatic carbocycles. The van der Waals surface area contributed by atoms with Gasteiger partial charge in [-0.2, -0.15) is 31.3 Å². The molecule has 13 heteroatoms. The van der Waals surface area contributed by atoms with Gasteiger partial charge in [-0.25, -0.2) is 4.79 Å². The Hall–Kier alpha value is -1.76. The molecule has 0 aliphatic heterocycles. The largest absolute Gasteiger partial charge is 0.471 e. The molecule has 0 spiro atoms. The Kier molecular flexibility index (Phi) is 6.66. The van der Waals surface area contributed by atoms with Crippen LogP contribution in [0.4, 0.5) is 31.1 Å². The van der Waals surface area contributed by atoms with Crippen molar-refractivity contribution in [3.63, 3.8) is 0 Å². The number of rotatable bonds is 2. The van der Waals surface area contributed by atoms with Gasteiger partial charge in [-0.05, 0) is 18.4 Å². The summed E-state index contributed by atoms with van der Waals surface area (Å²) in [5.74, 6) is -2.29. The average Bonchev–Trinajstić information content (AvgIpc) is 2.92. The first kappa shape index (κ1) is 20.3. The average molecular weight is 393 g/mol. The van der Waals surface area contributed by atoms with Crippen LogP contribution in [0.15, 0.2) is 17.1 Å². The molecule has 0 aliphatic carbocycles. The van der Waals surface area contributed by atoms with E-state index in [1.54, 1.807) is 0 Å². The predicted molar refractivity (Wildman–Crippen MR) is 76.7 cm³/mol. The second-order valence-corrected chi connectivity index (χ2v) is 5.96. The number of aliphatic imine (C=N–C) groups is 1. The highest BCUT2D eigenvalue weighted by Crippen LogP contribution is 2.34. The molecule has 5 nitrogen and oxygen atoms in total. The van der Waals surface area contributed by atoms with Gasteiger partial charge < -0.3 is 5.32 Å². The van der Waals surface area contributed by atoms with Gasteiger partial charge in [0.15, 0.2) is 5.17 Å². The Morgan fingerprint density at radius 3 is 2.29 bits per heavy atom. The minimum Gasteiger partial charge on any atom is -0.331 e. The maximum atomic E-state index is 12.4. The molecule has 2 N–H and O–H groups in total. The number of nitrogens with one attached hydrogen (secondary N) is 2. The number of alkyl halides is 6. The Morgan fingerprint density at radius 2 is 1.83 bits per heavy atom. The summed E-state index contributed by atoms with van der Waals surface area (Å²) in [6, 6.07) is 0.883. The normalized spacial score (nSPS) is 12.9. The standard InChI is InChI=1S/C11H9F6N3O2S2/c1-23-9(19-7(21)11(15,16)17)20-8(22)18-4-5-2-3-6(24-5)10(12,13)14/h2-3H,4H2,1H3,(H2,18,19,20,21,22). The van der Waals surface area contributed by atoms with Gasteiger partial charge >= 0.3 is 24.3 Å². The van der Waals surface area contributed by atoms with E-state index in [2.05, 4.69) is 10.3 Å². The molecule has 1 aromatic rings. The van der Waals surface area contributed by atoms with Crippen molar-refractivity contribution < 1.29 is 35.9 Å². The van der Waals surface area contributed by atoms with Gasteiger partial charge in [0.1, 0.15) is 4.88 Å². The van der Waals surface area contributed by atoms with Crippen molar-refractivity contribution in [2.45, 2.75) is 18.9 Å². The minimum atomic E-state index is -5.14. The van der Waals surface area contributed by atoms with E-state index in [0.29, 0.717) is 23.1 Å². The van der Waals surface area contributed by atoms with E-state index >= 15 is 0 Å². The van der Waals surface area contributed by atoms with Crippen LogP contribution < -0.4 is 10.6 Å². The smallest absolute Gasteiger partial charge is 0.331 e. The molecule has 0 aliphatic rings. The molecule has 1 heterocycles. The van der Waals surface area contributed by atoms with Crippen molar-refractivity contribution in [1.82, 2.24) is 10.6 Å². The van der Waals surface area contributed by atoms with Crippen LogP contribution in [-0.2, 0) is 17.5 Å². The monoisotopic (exact) mass is 393 g/mol. The summed E-state index contributed by atoms with van der Waals surface area (Å²) in [5.41, 5.74) is 0. The number of amides is 3. The highest BCUT2D eigenvalue weighted by atomic mass is 32.2. The van der Waals surface area contributed by atoms with Crippen molar-refractivity contribution in [2.75, 3.05) is 6.26 Å². The molecule has 0 atom stereocenters. The summed E-state index contributed by atoms with van der Waals surface area (Å²) >= 11 is 0.991. The van der Waals surface area contributed by atoms with Crippen LogP contribution in [0.1, 0.15) is 9.75 Å². The zero-order chi connectivity index (χ0) is 18.5. The van der Waals surface area contributed by atoms with Crippen LogP contribution in [-0.4, -0.2) is 29.5 Å². The molecule has 24 heavy (non-hydrogen) atoms. The quantitative estimate of drug-likeness (QED) is 0.460. The molecule has 0 radical (unpaired) electrons. The summed E-state index contributed by atoms with van der Waals surface area (Å²) in [7, 11) is 0. The Bertz CT molecular complexity index is 638. The summed E-state index contributed by atoms with van der Waals surface area (Å²) in [5, 5.41) is 2.91. The van der Waals surface area contributed by atoms with Gasteiger partial charge in [0.05, 0.1) is 6.54 Å². The number of urea groups is 1. The lowest BCUT2D eigenvalue weighted by Gasteiger charge is -2.08. The van der Waals surface area contributed by atoms with E-state index in [1.807, 2.05) is 0 Å². The van der Waals surface area contributed by atoms with E-state index in [9.17, 15) is 35.9 Å². The van der Waals surface area contributed by atoms with Crippen LogP contribution in [0.3, 0.4) is 0 Å². The highest BCUT2D eigenvalue weighted by Gasteiger charge is 2.39. The zero-order valence-corrected chi connectivity index (χ0v) is 13.3. The van der Waals surface area contributed by atoms with Crippen molar-refractivity contribution in [2.24, 2.45) is 4.99 Å². The van der Waals surface area contributed by atoms with Gasteiger partial charge in [0, 0.05) is 4.88 Å². The van der Waals surface area contributed by atoms with Crippen molar-refractivity contribution in [3.05, 3.63) is 21.9 Å². The molecule has 0 bridgehead atoms. The molecular formula is C11H9F6N3O2S2. The molecular weight excluding hydrogens is 384 g/mol. The third-order valence-electron chi connectivity index (χ3n) is 2.23. The number of halogens is 6. The minimum absolute atomic E-state index is 0.177. The van der Waals surface area contributed by atoms with Gasteiger partial charge in [-0.3, -0.25) is 10.1 Å². The fourth-order valence-corrected chi connectivity index (χ4v) is 2.40. The first-order valence-electron chi connectivity index (χ1n) is 5.88. The van der Waals surface area contributed by atoms with E-state index in [1.165, 1.54) is 11.6 Å². The van der Waals surface area contributed by atoms with Crippen LogP contribution in [0.5, 0.6) is 0 Å². The molecule has 1 rings (SSSR count). The number of carbonyl (C=O) groups is 2. The fourth-order valence-electron chi connectivity index (χ4n) is 1.21. The Balaban J connectivity index is 2.63. The van der Waals surface area contributed by atoms with Crippen molar-refractivity contribution in [3.8, 4) is 0 Å². The summed E-state index contributed by atoms with van der Waals surface area (Å²) in [6.07, 6.45) is -8.37. The molecule has 0 unspecified atom stereocenters. The highest BCUT2D eigenvalue weighted by molar-refractivity contribution is 8.13. The number of thiophene rings is 1. The second kappa shape index (κ2) is 7.88. The number of carbonyl (C=O) groups excluding carboxylic acids is 2. The molecule has 0 saturated carbocycles. The van der Waals surface area contributed by atoms with E-state index in [-0.39, 0.29) is 11.4 Å². The fraction of sp³-hybridized carbons (Fsp3) is 0.364. The summed E-state index contributed by atoms with van der Waals surface area (Å²) in [6.45, 7) is -0.294. The third-order valence-corrected chi connectivity index (χ3v) is 3.94. The van der Waals surface area contributed by atoms with Crippen molar-refractivity contribution in [1.29, 1.82) is 0 Å². The SMILES string of the molecule is CS/C(=N/C(=O)NCc1ccc(C(F)(F)F)s1)NC(=O)C(F)(F)F. The van der Waals surface area contributed by atoms with Gasteiger partial charge in [0.2, 0.25) is 0 Å². The van der Waals surface area contributed by atoms with Gasteiger partial charge in [-0.1, -0.05) is 11.8 Å². The number of nitrogens with zero attached hydrogens (tertiary/aromatic N) is 1. The lowest BCUT2D eigenvalue weighted by Crippen LogP contribution is -2.40. The van der Waals surface area contributed by atoms with E-state index in [0.717, 1.165) is 12.1 Å². The number of hydrogen-bond acceptors (Lipinski definition) is 4. The third kappa shape index (κ3) is 6.39. The first-order valence-corrected chi connectivity index (χ1v) is 7.92. The van der Waals surface area contributed by atoms with Gasteiger partial charge in [-0.15, -0.1) is 11.3 Å². The summed E-state index contributed by atoms with van der Waals surface area (Å²) in [4.78, 5) is 24.7. The van der Waals surface area contributed by atoms with E-state index in [4.69, 9.17) is 0 Å². The molecule has 3 amide bonds. The number of hydrogen-bond donors (Lipinski definition) is 2. The van der Waals surface area contributed by atoms with Crippen LogP contribution in [0, 0.1) is 0 Å². The second-order valence-electron chi connectivity index (χ2n) is 4.00. The van der Waals surface area contributed by atoms with E-state index < -0.39 is 34.3 Å². The zero-order valence-electron chi connectivity index (χ0n) is 11.7. The maximum Gasteiger partial charge on any atom is 0.471 e. The lowest BCUT2D eigenvalue weighted by molar-refractivity contribution is -0.171. The van der Waals surface area contributed by atoms with Gasteiger partial charge in [0.25, 0.3) is 0 Å². The molecule has 1 aromatic heterocycles. The molecule has 134 valence electrons. The number of amidine groups is 1. The predicted octanol–water partition coefficient (Wildman–Crippen LogP) is 3.37. The summed E-state index contributed by atoms with van der Waals surface area (Å²) < 4.78 is 73.5. The molecule has 0 saturated heterocycles. The van der Waals surface area contributed by atoms with Crippen LogP contribution in [0.25, 0.3) is 0 Å². The first-order chi connectivity index (χ1) is 10.9. The topological polar surface area (TPSA) is 70.6 Å². The maximum absolute atomic E-state index is 12.4. The van der Waals surface area contributed by atoms with Crippen LogP contribution >= 0.6 is 23.1 Å². The Morgan fingerprint density at radius 1 is 1.21 bits per heavy atom. The lowest BCUT2D eigenvalue weighted by atomic mass is 10.4. The van der Waals surface area contributed by atoms with Crippen molar-refractivity contribution >= 4 is 40.2 Å². The molecule has 0 fully saturated rings.